The van der Waals surface area contributed by atoms with Crippen molar-refractivity contribution < 1.29 is 14.4 Å². The number of carbonyl (C=O) groups is 1. The van der Waals surface area contributed by atoms with Gasteiger partial charge in [-0.1, -0.05) is 25.9 Å². The maximum absolute atomic E-state index is 12.6. The Labute approximate surface area is 132 Å². The number of carbonyl (C=O) groups excluding carboxylic acids is 1. The number of hydrogen-bond acceptors (Lipinski definition) is 4. The lowest BCUT2D eigenvalue weighted by atomic mass is 9.77. The van der Waals surface area contributed by atoms with Crippen molar-refractivity contribution in [2.45, 2.75) is 59.3 Å². The minimum atomic E-state index is 0.0110. The van der Waals surface area contributed by atoms with E-state index in [0.717, 1.165) is 62.2 Å². The Morgan fingerprint density at radius 2 is 1.95 bits per heavy atom. The van der Waals surface area contributed by atoms with Gasteiger partial charge >= 0.3 is 0 Å². The summed E-state index contributed by atoms with van der Waals surface area (Å²) < 4.78 is 5.34. The third kappa shape index (κ3) is 3.35. The van der Waals surface area contributed by atoms with Crippen LogP contribution in [0.4, 0.5) is 0 Å². The highest BCUT2D eigenvalue weighted by Crippen LogP contribution is 2.34. The van der Waals surface area contributed by atoms with Crippen LogP contribution in [0, 0.1) is 5.41 Å². The number of likely N-dealkylation sites (tertiary alicyclic amines) is 1. The van der Waals surface area contributed by atoms with Gasteiger partial charge in [-0.2, -0.15) is 0 Å². The van der Waals surface area contributed by atoms with Crippen molar-refractivity contribution in [3.8, 4) is 0 Å². The van der Waals surface area contributed by atoms with E-state index >= 15 is 0 Å². The highest BCUT2D eigenvalue weighted by atomic mass is 16.5. The van der Waals surface area contributed by atoms with Crippen LogP contribution in [0.15, 0.2) is 4.52 Å². The highest BCUT2D eigenvalue weighted by Gasteiger charge is 2.34. The molecule has 0 atom stereocenters. The Hall–Kier alpha value is -1.36. The minimum Gasteiger partial charge on any atom is -0.396 e. The number of aliphatic hydroxyl groups excluding tert-OH is 1. The molecular weight excluding hydrogens is 280 g/mol. The van der Waals surface area contributed by atoms with Gasteiger partial charge in [0.15, 0.2) is 0 Å². The minimum absolute atomic E-state index is 0.0110. The number of rotatable bonds is 6. The van der Waals surface area contributed by atoms with Crippen LogP contribution in [0.2, 0.25) is 0 Å². The van der Waals surface area contributed by atoms with Crippen LogP contribution in [0.1, 0.15) is 57.1 Å². The summed E-state index contributed by atoms with van der Waals surface area (Å²) in [6.45, 7) is 7.86. The molecule has 0 unspecified atom stereocenters. The molecule has 1 aromatic heterocycles. The molecule has 5 heteroatoms. The van der Waals surface area contributed by atoms with Gasteiger partial charge < -0.3 is 14.5 Å². The van der Waals surface area contributed by atoms with E-state index in [2.05, 4.69) is 12.1 Å². The van der Waals surface area contributed by atoms with E-state index in [0.29, 0.717) is 6.42 Å². The molecule has 1 aliphatic rings. The summed E-state index contributed by atoms with van der Waals surface area (Å²) in [5.74, 6) is 0.982. The highest BCUT2D eigenvalue weighted by molar-refractivity contribution is 5.79. The summed E-state index contributed by atoms with van der Waals surface area (Å²) >= 11 is 0. The summed E-state index contributed by atoms with van der Waals surface area (Å²) in [5.41, 5.74) is 1.89. The number of aromatic nitrogens is 1. The molecule has 1 aliphatic heterocycles. The summed E-state index contributed by atoms with van der Waals surface area (Å²) in [7, 11) is 0. The average molecular weight is 308 g/mol. The molecule has 1 saturated heterocycles. The van der Waals surface area contributed by atoms with Gasteiger partial charge in [-0.3, -0.25) is 4.79 Å². The number of piperidine rings is 1. The fourth-order valence-corrected chi connectivity index (χ4v) is 3.25. The van der Waals surface area contributed by atoms with Crippen LogP contribution >= 0.6 is 0 Å². The molecule has 2 heterocycles. The first-order valence-electron chi connectivity index (χ1n) is 8.44. The lowest BCUT2D eigenvalue weighted by Gasteiger charge is -2.40. The van der Waals surface area contributed by atoms with Crippen molar-refractivity contribution in [1.82, 2.24) is 10.1 Å². The zero-order valence-electron chi connectivity index (χ0n) is 14.0. The standard InChI is InChI=1S/C17H28N2O3/c1-4-14-13(15(5-2)22-18-14)11-16(21)19-9-7-17(6-3,12-20)8-10-19/h20H,4-12H2,1-3H3. The van der Waals surface area contributed by atoms with E-state index in [-0.39, 0.29) is 17.9 Å². The maximum Gasteiger partial charge on any atom is 0.227 e. The Morgan fingerprint density at radius 3 is 2.45 bits per heavy atom. The third-order valence-electron chi connectivity index (χ3n) is 5.20. The second-order valence-corrected chi connectivity index (χ2v) is 6.31. The largest absolute Gasteiger partial charge is 0.396 e. The first-order chi connectivity index (χ1) is 10.6. The molecule has 1 N–H and O–H groups in total. The second kappa shape index (κ2) is 7.27. The maximum atomic E-state index is 12.6. The lowest BCUT2D eigenvalue weighted by Crippen LogP contribution is -2.45. The molecule has 0 bridgehead atoms. The van der Waals surface area contributed by atoms with Gasteiger partial charge in [0.1, 0.15) is 5.76 Å². The van der Waals surface area contributed by atoms with Crippen LogP contribution < -0.4 is 0 Å². The molecule has 0 spiro atoms. The molecule has 0 aliphatic carbocycles. The van der Waals surface area contributed by atoms with Crippen molar-refractivity contribution in [3.63, 3.8) is 0 Å². The number of aryl methyl sites for hydroxylation is 2. The molecule has 0 radical (unpaired) electrons. The fraction of sp³-hybridized carbons (Fsp3) is 0.765. The van der Waals surface area contributed by atoms with Crippen LogP contribution in [0.3, 0.4) is 0 Å². The van der Waals surface area contributed by atoms with Crippen LogP contribution in [0.5, 0.6) is 0 Å². The molecule has 1 aromatic rings. The Bertz CT molecular complexity index is 475. The van der Waals surface area contributed by atoms with Gasteiger partial charge in [-0.05, 0) is 31.1 Å². The second-order valence-electron chi connectivity index (χ2n) is 6.31. The molecule has 0 aromatic carbocycles. The Kier molecular flexibility index (Phi) is 5.62. The van der Waals surface area contributed by atoms with Crippen molar-refractivity contribution in [2.75, 3.05) is 19.7 Å². The van der Waals surface area contributed by atoms with E-state index in [1.807, 2.05) is 18.7 Å². The molecule has 1 amide bonds. The molecule has 5 nitrogen and oxygen atoms in total. The molecule has 2 rings (SSSR count). The van der Waals surface area contributed by atoms with Crippen molar-refractivity contribution in [3.05, 3.63) is 17.0 Å². The quantitative estimate of drug-likeness (QED) is 0.876. The van der Waals surface area contributed by atoms with Gasteiger partial charge in [0.25, 0.3) is 0 Å². The van der Waals surface area contributed by atoms with E-state index in [1.165, 1.54) is 0 Å². The monoisotopic (exact) mass is 308 g/mol. The van der Waals surface area contributed by atoms with Crippen molar-refractivity contribution in [2.24, 2.45) is 5.41 Å². The smallest absolute Gasteiger partial charge is 0.227 e. The third-order valence-corrected chi connectivity index (χ3v) is 5.20. The molecule has 0 saturated carbocycles. The van der Waals surface area contributed by atoms with Gasteiger partial charge in [-0.15, -0.1) is 0 Å². The average Bonchev–Trinajstić information content (AvgIpc) is 2.96. The number of nitrogens with zero attached hydrogens (tertiary/aromatic N) is 2. The zero-order chi connectivity index (χ0) is 16.2. The lowest BCUT2D eigenvalue weighted by molar-refractivity contribution is -0.133. The van der Waals surface area contributed by atoms with Gasteiger partial charge in [-0.25, -0.2) is 0 Å². The van der Waals surface area contributed by atoms with Crippen molar-refractivity contribution in [1.29, 1.82) is 0 Å². The topological polar surface area (TPSA) is 66.6 Å². The Balaban J connectivity index is 2.01. The predicted molar refractivity (Wildman–Crippen MR) is 84.6 cm³/mol. The van der Waals surface area contributed by atoms with Gasteiger partial charge in [0, 0.05) is 31.7 Å². The van der Waals surface area contributed by atoms with Crippen molar-refractivity contribution >= 4 is 5.91 Å². The van der Waals surface area contributed by atoms with Crippen LogP contribution in [-0.2, 0) is 24.1 Å². The molecule has 124 valence electrons. The van der Waals surface area contributed by atoms with Gasteiger partial charge in [0.2, 0.25) is 5.91 Å². The first kappa shape index (κ1) is 17.0. The predicted octanol–water partition coefficient (Wildman–Crippen LogP) is 2.35. The zero-order valence-corrected chi connectivity index (χ0v) is 14.0. The SMILES string of the molecule is CCc1noc(CC)c1CC(=O)N1CCC(CC)(CO)CC1. The normalized spacial score (nSPS) is 17.7. The summed E-state index contributed by atoms with van der Waals surface area (Å²) in [4.78, 5) is 14.5. The molecule has 22 heavy (non-hydrogen) atoms. The number of amides is 1. The van der Waals surface area contributed by atoms with Gasteiger partial charge in [0.05, 0.1) is 12.1 Å². The number of hydrogen-bond donors (Lipinski definition) is 1. The summed E-state index contributed by atoms with van der Waals surface area (Å²) in [6, 6.07) is 0. The van der Waals surface area contributed by atoms with E-state index < -0.39 is 0 Å². The van der Waals surface area contributed by atoms with Crippen LogP contribution in [0.25, 0.3) is 0 Å². The first-order valence-corrected chi connectivity index (χ1v) is 8.44. The number of aliphatic hydroxyl groups is 1. The van der Waals surface area contributed by atoms with E-state index in [1.54, 1.807) is 0 Å². The van der Waals surface area contributed by atoms with E-state index in [4.69, 9.17) is 4.52 Å². The fourth-order valence-electron chi connectivity index (χ4n) is 3.25. The van der Waals surface area contributed by atoms with Crippen LogP contribution in [-0.4, -0.2) is 40.8 Å². The molecule has 1 fully saturated rings. The summed E-state index contributed by atoms with van der Waals surface area (Å²) in [5, 5.41) is 13.7. The molecular formula is C17H28N2O3. The van der Waals surface area contributed by atoms with E-state index in [9.17, 15) is 9.90 Å². The summed E-state index contributed by atoms with van der Waals surface area (Å²) in [6.07, 6.45) is 4.67. The Morgan fingerprint density at radius 1 is 1.27 bits per heavy atom.